The van der Waals surface area contributed by atoms with Crippen molar-refractivity contribution in [3.63, 3.8) is 0 Å². The second-order valence-electron chi connectivity index (χ2n) is 5.61. The van der Waals surface area contributed by atoms with Gasteiger partial charge in [-0.1, -0.05) is 12.8 Å². The van der Waals surface area contributed by atoms with E-state index in [0.29, 0.717) is 31.3 Å². The molecule has 0 aromatic carbocycles. The fourth-order valence-corrected chi connectivity index (χ4v) is 2.87. The third kappa shape index (κ3) is 4.13. The van der Waals surface area contributed by atoms with Crippen molar-refractivity contribution in [1.29, 1.82) is 0 Å². The zero-order valence-corrected chi connectivity index (χ0v) is 12.6. The molecule has 0 saturated heterocycles. The molecule has 1 amide bonds. The molecule has 20 heavy (non-hydrogen) atoms. The summed E-state index contributed by atoms with van der Waals surface area (Å²) < 4.78 is 10.7. The highest BCUT2D eigenvalue weighted by molar-refractivity contribution is 5.91. The Hall–Kier alpha value is -1.23. The molecule has 0 aromatic rings. The summed E-state index contributed by atoms with van der Waals surface area (Å²) in [7, 11) is 2.18. The van der Waals surface area contributed by atoms with Crippen LogP contribution in [-0.2, 0) is 14.3 Å². The highest BCUT2D eigenvalue weighted by Crippen LogP contribution is 2.22. The molecule has 1 aliphatic carbocycles. The van der Waals surface area contributed by atoms with E-state index in [1.165, 1.54) is 25.7 Å². The Labute approximate surface area is 121 Å². The summed E-state index contributed by atoms with van der Waals surface area (Å²) >= 11 is 0. The van der Waals surface area contributed by atoms with Gasteiger partial charge in [-0.2, -0.15) is 0 Å². The van der Waals surface area contributed by atoms with E-state index in [1.54, 1.807) is 6.92 Å². The van der Waals surface area contributed by atoms with E-state index < -0.39 is 0 Å². The van der Waals surface area contributed by atoms with Crippen LogP contribution in [0.1, 0.15) is 39.0 Å². The maximum Gasteiger partial charge on any atom is 0.289 e. The number of nitrogens with zero attached hydrogens (tertiary/aromatic N) is 1. The van der Waals surface area contributed by atoms with E-state index in [1.807, 2.05) is 0 Å². The Morgan fingerprint density at radius 3 is 2.70 bits per heavy atom. The average Bonchev–Trinajstić information content (AvgIpc) is 2.98. The normalized spacial score (nSPS) is 19.9. The minimum Gasteiger partial charge on any atom is -0.491 e. The first-order chi connectivity index (χ1) is 9.68. The standard InChI is InChI=1S/C15H26N2O3/c1-12-14(20-11-10-19-12)15(18)16-8-5-9-17(2)13-6-3-4-7-13/h13H,3-11H2,1-2H3,(H,16,18). The van der Waals surface area contributed by atoms with Gasteiger partial charge >= 0.3 is 0 Å². The monoisotopic (exact) mass is 282 g/mol. The van der Waals surface area contributed by atoms with Gasteiger partial charge < -0.3 is 19.7 Å². The first kappa shape index (κ1) is 15.2. The van der Waals surface area contributed by atoms with Crippen LogP contribution < -0.4 is 5.32 Å². The number of amides is 1. The molecule has 0 bridgehead atoms. The van der Waals surface area contributed by atoms with Crippen LogP contribution >= 0.6 is 0 Å². The molecule has 1 fully saturated rings. The molecule has 0 aromatic heterocycles. The van der Waals surface area contributed by atoms with Gasteiger partial charge in [-0.3, -0.25) is 4.79 Å². The number of rotatable bonds is 6. The summed E-state index contributed by atoms with van der Waals surface area (Å²) in [5, 5.41) is 2.90. The first-order valence-electron chi connectivity index (χ1n) is 7.63. The van der Waals surface area contributed by atoms with Gasteiger partial charge in [0.05, 0.1) is 0 Å². The largest absolute Gasteiger partial charge is 0.491 e. The predicted molar refractivity (Wildman–Crippen MR) is 77.1 cm³/mol. The van der Waals surface area contributed by atoms with Crippen LogP contribution in [0.3, 0.4) is 0 Å². The Balaban J connectivity index is 1.64. The average molecular weight is 282 g/mol. The summed E-state index contributed by atoms with van der Waals surface area (Å²) in [6, 6.07) is 0.741. The Kier molecular flexibility index (Phi) is 5.71. The summed E-state index contributed by atoms with van der Waals surface area (Å²) in [6.45, 7) is 4.44. The van der Waals surface area contributed by atoms with Crippen LogP contribution in [0.2, 0.25) is 0 Å². The van der Waals surface area contributed by atoms with Crippen molar-refractivity contribution < 1.29 is 14.3 Å². The van der Waals surface area contributed by atoms with Crippen molar-refractivity contribution in [2.75, 3.05) is 33.4 Å². The molecule has 5 heteroatoms. The molecule has 2 rings (SSSR count). The van der Waals surface area contributed by atoms with E-state index in [9.17, 15) is 4.79 Å². The number of carbonyl (C=O) groups is 1. The quantitative estimate of drug-likeness (QED) is 0.753. The van der Waals surface area contributed by atoms with Gasteiger partial charge in [0.1, 0.15) is 19.0 Å². The van der Waals surface area contributed by atoms with Crippen molar-refractivity contribution in [1.82, 2.24) is 10.2 Å². The second kappa shape index (κ2) is 7.53. The van der Waals surface area contributed by atoms with Gasteiger partial charge in [0.25, 0.3) is 5.91 Å². The second-order valence-corrected chi connectivity index (χ2v) is 5.61. The molecule has 1 aliphatic heterocycles. The molecule has 1 heterocycles. The lowest BCUT2D eigenvalue weighted by molar-refractivity contribution is -0.122. The minimum atomic E-state index is -0.161. The molecule has 0 radical (unpaired) electrons. The predicted octanol–water partition coefficient (Wildman–Crippen LogP) is 1.65. The number of nitrogens with one attached hydrogen (secondary N) is 1. The number of ether oxygens (including phenoxy) is 2. The maximum absolute atomic E-state index is 11.9. The molecule has 2 aliphatic rings. The molecular formula is C15H26N2O3. The van der Waals surface area contributed by atoms with Crippen molar-refractivity contribution in [3.05, 3.63) is 11.5 Å². The Bertz CT molecular complexity index is 362. The van der Waals surface area contributed by atoms with Crippen molar-refractivity contribution in [2.24, 2.45) is 0 Å². The molecule has 0 unspecified atom stereocenters. The van der Waals surface area contributed by atoms with Crippen molar-refractivity contribution >= 4 is 5.91 Å². The lowest BCUT2D eigenvalue weighted by Crippen LogP contribution is -2.34. The summed E-state index contributed by atoms with van der Waals surface area (Å²) in [4.78, 5) is 14.3. The Morgan fingerprint density at radius 2 is 2.00 bits per heavy atom. The molecule has 0 atom stereocenters. The lowest BCUT2D eigenvalue weighted by atomic mass is 10.2. The van der Waals surface area contributed by atoms with Crippen LogP contribution in [0.5, 0.6) is 0 Å². The number of allylic oxidation sites excluding steroid dienone is 1. The zero-order valence-electron chi connectivity index (χ0n) is 12.6. The van der Waals surface area contributed by atoms with Gasteiger partial charge in [0, 0.05) is 12.6 Å². The van der Waals surface area contributed by atoms with Gasteiger partial charge in [-0.25, -0.2) is 0 Å². The van der Waals surface area contributed by atoms with Gasteiger partial charge in [0.15, 0.2) is 0 Å². The summed E-state index contributed by atoms with van der Waals surface area (Å²) in [6.07, 6.45) is 6.32. The number of hydrogen-bond acceptors (Lipinski definition) is 4. The van der Waals surface area contributed by atoms with E-state index in [2.05, 4.69) is 17.3 Å². The van der Waals surface area contributed by atoms with Gasteiger partial charge in [0.2, 0.25) is 5.76 Å². The van der Waals surface area contributed by atoms with Gasteiger partial charge in [-0.15, -0.1) is 0 Å². The van der Waals surface area contributed by atoms with E-state index in [-0.39, 0.29) is 5.91 Å². The van der Waals surface area contributed by atoms with Gasteiger partial charge in [-0.05, 0) is 39.8 Å². The smallest absolute Gasteiger partial charge is 0.289 e. The van der Waals surface area contributed by atoms with Crippen LogP contribution in [0.25, 0.3) is 0 Å². The third-order valence-corrected chi connectivity index (χ3v) is 4.10. The number of hydrogen-bond donors (Lipinski definition) is 1. The van der Waals surface area contributed by atoms with Crippen LogP contribution in [0, 0.1) is 0 Å². The highest BCUT2D eigenvalue weighted by Gasteiger charge is 2.20. The zero-order chi connectivity index (χ0) is 14.4. The van der Waals surface area contributed by atoms with Crippen LogP contribution in [0.15, 0.2) is 11.5 Å². The fourth-order valence-electron chi connectivity index (χ4n) is 2.87. The molecule has 0 spiro atoms. The first-order valence-corrected chi connectivity index (χ1v) is 7.63. The highest BCUT2D eigenvalue weighted by atomic mass is 16.6. The molecule has 1 saturated carbocycles. The van der Waals surface area contributed by atoms with E-state index in [0.717, 1.165) is 19.0 Å². The lowest BCUT2D eigenvalue weighted by Gasteiger charge is -2.24. The fraction of sp³-hybridized carbons (Fsp3) is 0.800. The van der Waals surface area contributed by atoms with Crippen molar-refractivity contribution in [2.45, 2.75) is 45.1 Å². The maximum atomic E-state index is 11.9. The molecular weight excluding hydrogens is 256 g/mol. The van der Waals surface area contributed by atoms with E-state index >= 15 is 0 Å². The SMILES string of the molecule is CC1=C(C(=O)NCCCN(C)C2CCCC2)OCCO1. The third-order valence-electron chi connectivity index (χ3n) is 4.10. The minimum absolute atomic E-state index is 0.161. The van der Waals surface area contributed by atoms with Crippen LogP contribution in [0.4, 0.5) is 0 Å². The molecule has 5 nitrogen and oxygen atoms in total. The molecule has 114 valence electrons. The van der Waals surface area contributed by atoms with Crippen molar-refractivity contribution in [3.8, 4) is 0 Å². The Morgan fingerprint density at radius 1 is 1.30 bits per heavy atom. The summed E-state index contributed by atoms with van der Waals surface area (Å²) in [5.41, 5.74) is 0. The molecule has 1 N–H and O–H groups in total. The number of carbonyl (C=O) groups excluding carboxylic acids is 1. The topological polar surface area (TPSA) is 50.8 Å². The van der Waals surface area contributed by atoms with E-state index in [4.69, 9.17) is 9.47 Å². The van der Waals surface area contributed by atoms with Crippen LogP contribution in [-0.4, -0.2) is 50.2 Å². The summed E-state index contributed by atoms with van der Waals surface area (Å²) in [5.74, 6) is 0.753.